The van der Waals surface area contributed by atoms with Crippen LogP contribution >= 0.6 is 0 Å². The Balaban J connectivity index is 2.33. The van der Waals surface area contributed by atoms with Gasteiger partial charge in [0.1, 0.15) is 11.6 Å². The number of amides is 2. The summed E-state index contributed by atoms with van der Waals surface area (Å²) in [5.74, 6) is -0.967. The van der Waals surface area contributed by atoms with Gasteiger partial charge in [-0.05, 0) is 24.1 Å². The van der Waals surface area contributed by atoms with E-state index in [1.807, 2.05) is 0 Å². The third-order valence-corrected chi connectivity index (χ3v) is 2.47. The minimum Gasteiger partial charge on any atom is -0.497 e. The van der Waals surface area contributed by atoms with Crippen molar-refractivity contribution in [1.29, 1.82) is 0 Å². The molecule has 20 heavy (non-hydrogen) atoms. The average Bonchev–Trinajstić information content (AvgIpc) is 2.40. The number of urea groups is 1. The molecule has 0 heterocycles. The number of benzene rings is 1. The number of carboxylic acid groups (broad SMARTS) is 1. The fourth-order valence-corrected chi connectivity index (χ4v) is 1.53. The van der Waals surface area contributed by atoms with Gasteiger partial charge < -0.3 is 20.5 Å². The highest BCUT2D eigenvalue weighted by molar-refractivity contribution is 5.74. The molecule has 3 N–H and O–H groups in total. The van der Waals surface area contributed by atoms with Crippen LogP contribution in [0.25, 0.3) is 0 Å². The van der Waals surface area contributed by atoms with E-state index < -0.39 is 17.8 Å². The lowest BCUT2D eigenvalue weighted by atomic mass is 10.2. The molecule has 0 radical (unpaired) electrons. The van der Waals surface area contributed by atoms with Crippen LogP contribution in [0.1, 0.15) is 18.4 Å². The van der Waals surface area contributed by atoms with Crippen LogP contribution in [0.2, 0.25) is 0 Å². The second-order valence-electron chi connectivity index (χ2n) is 4.11. The topological polar surface area (TPSA) is 87.7 Å². The van der Waals surface area contributed by atoms with Gasteiger partial charge in [-0.3, -0.25) is 4.79 Å². The van der Waals surface area contributed by atoms with Gasteiger partial charge in [-0.2, -0.15) is 0 Å². The molecule has 0 saturated heterocycles. The third kappa shape index (κ3) is 6.03. The Morgan fingerprint density at radius 2 is 2.05 bits per heavy atom. The number of hydrogen-bond donors (Lipinski definition) is 3. The van der Waals surface area contributed by atoms with Crippen molar-refractivity contribution in [2.75, 3.05) is 13.7 Å². The number of carbonyl (C=O) groups excluding carboxylic acids is 1. The van der Waals surface area contributed by atoms with Crippen molar-refractivity contribution in [1.82, 2.24) is 10.6 Å². The van der Waals surface area contributed by atoms with E-state index in [-0.39, 0.29) is 19.5 Å². The molecule has 0 aromatic heterocycles. The summed E-state index contributed by atoms with van der Waals surface area (Å²) in [6, 6.07) is 3.73. The Labute approximate surface area is 115 Å². The molecule has 0 spiro atoms. The molecule has 2 amide bonds. The Bertz CT molecular complexity index is 479. The van der Waals surface area contributed by atoms with Crippen LogP contribution in [-0.4, -0.2) is 30.8 Å². The minimum atomic E-state index is -0.904. The van der Waals surface area contributed by atoms with Crippen molar-refractivity contribution < 1.29 is 23.8 Å². The van der Waals surface area contributed by atoms with Gasteiger partial charge in [-0.15, -0.1) is 0 Å². The first kappa shape index (κ1) is 15.7. The highest BCUT2D eigenvalue weighted by atomic mass is 19.1. The lowest BCUT2D eigenvalue weighted by Crippen LogP contribution is -2.35. The SMILES string of the molecule is COc1cc(F)cc(CNC(=O)NCCCC(=O)O)c1. The van der Waals surface area contributed by atoms with Crippen LogP contribution in [0.15, 0.2) is 18.2 Å². The zero-order valence-corrected chi connectivity index (χ0v) is 11.1. The maximum atomic E-state index is 13.2. The van der Waals surface area contributed by atoms with E-state index >= 15 is 0 Å². The molecule has 0 aliphatic rings. The van der Waals surface area contributed by atoms with Gasteiger partial charge in [0, 0.05) is 25.6 Å². The first-order chi connectivity index (χ1) is 9.51. The van der Waals surface area contributed by atoms with E-state index in [0.717, 1.165) is 0 Å². The zero-order chi connectivity index (χ0) is 15.0. The van der Waals surface area contributed by atoms with Crippen molar-refractivity contribution in [3.63, 3.8) is 0 Å². The van der Waals surface area contributed by atoms with Crippen LogP contribution in [0.5, 0.6) is 5.75 Å². The van der Waals surface area contributed by atoms with Gasteiger partial charge in [0.05, 0.1) is 7.11 Å². The summed E-state index contributed by atoms with van der Waals surface area (Å²) in [5.41, 5.74) is 0.572. The van der Waals surface area contributed by atoms with Crippen LogP contribution in [0, 0.1) is 5.82 Å². The number of halogens is 1. The molecule has 110 valence electrons. The van der Waals surface area contributed by atoms with Crippen molar-refractivity contribution in [2.24, 2.45) is 0 Å². The lowest BCUT2D eigenvalue weighted by molar-refractivity contribution is -0.137. The maximum absolute atomic E-state index is 13.2. The van der Waals surface area contributed by atoms with E-state index in [0.29, 0.717) is 17.7 Å². The molecule has 6 nitrogen and oxygen atoms in total. The summed E-state index contributed by atoms with van der Waals surface area (Å²) in [6.07, 6.45) is 0.359. The van der Waals surface area contributed by atoms with Crippen molar-refractivity contribution in [3.05, 3.63) is 29.6 Å². The second-order valence-corrected chi connectivity index (χ2v) is 4.11. The average molecular weight is 284 g/mol. The predicted octanol–water partition coefficient (Wildman–Crippen LogP) is 1.50. The Kier molecular flexibility index (Phi) is 6.28. The van der Waals surface area contributed by atoms with Crippen molar-refractivity contribution in [2.45, 2.75) is 19.4 Å². The number of carboxylic acids is 1. The molecular weight excluding hydrogens is 267 g/mol. The van der Waals surface area contributed by atoms with E-state index in [4.69, 9.17) is 9.84 Å². The van der Waals surface area contributed by atoms with Crippen LogP contribution in [-0.2, 0) is 11.3 Å². The summed E-state index contributed by atoms with van der Waals surface area (Å²) in [4.78, 5) is 21.7. The number of ether oxygens (including phenoxy) is 1. The predicted molar refractivity (Wildman–Crippen MR) is 70.1 cm³/mol. The number of carbonyl (C=O) groups is 2. The maximum Gasteiger partial charge on any atom is 0.315 e. The molecule has 7 heteroatoms. The Hall–Kier alpha value is -2.31. The van der Waals surface area contributed by atoms with Crippen LogP contribution in [0.4, 0.5) is 9.18 Å². The third-order valence-electron chi connectivity index (χ3n) is 2.47. The molecule has 0 aliphatic heterocycles. The lowest BCUT2D eigenvalue weighted by Gasteiger charge is -2.08. The summed E-state index contributed by atoms with van der Waals surface area (Å²) in [5, 5.41) is 13.5. The van der Waals surface area contributed by atoms with Gasteiger partial charge in [0.2, 0.25) is 0 Å². The highest BCUT2D eigenvalue weighted by Crippen LogP contribution is 2.15. The molecule has 0 unspecified atom stereocenters. The molecule has 0 saturated carbocycles. The molecule has 0 aliphatic carbocycles. The fourth-order valence-electron chi connectivity index (χ4n) is 1.53. The van der Waals surface area contributed by atoms with Crippen LogP contribution < -0.4 is 15.4 Å². The van der Waals surface area contributed by atoms with Crippen molar-refractivity contribution >= 4 is 12.0 Å². The zero-order valence-electron chi connectivity index (χ0n) is 11.1. The molecule has 1 aromatic rings. The molecule has 0 atom stereocenters. The number of aliphatic carboxylic acids is 1. The minimum absolute atomic E-state index is 0.00136. The van der Waals surface area contributed by atoms with Gasteiger partial charge in [-0.25, -0.2) is 9.18 Å². The van der Waals surface area contributed by atoms with Gasteiger partial charge >= 0.3 is 12.0 Å². The summed E-state index contributed by atoms with van der Waals surface area (Å²) in [7, 11) is 1.43. The molecule has 0 fully saturated rings. The Morgan fingerprint density at radius 3 is 2.70 bits per heavy atom. The van der Waals surface area contributed by atoms with Gasteiger partial charge in [0.25, 0.3) is 0 Å². The first-order valence-electron chi connectivity index (χ1n) is 6.08. The largest absolute Gasteiger partial charge is 0.497 e. The normalized spacial score (nSPS) is 9.90. The quantitative estimate of drug-likeness (QED) is 0.662. The van der Waals surface area contributed by atoms with E-state index in [1.165, 1.54) is 19.2 Å². The highest BCUT2D eigenvalue weighted by Gasteiger charge is 2.04. The summed E-state index contributed by atoms with van der Waals surface area (Å²) in [6.45, 7) is 0.420. The Morgan fingerprint density at radius 1 is 1.30 bits per heavy atom. The molecular formula is C13H17FN2O4. The number of methoxy groups -OCH3 is 1. The standard InChI is InChI=1S/C13H17FN2O4/c1-20-11-6-9(5-10(14)7-11)8-16-13(19)15-4-2-3-12(17)18/h5-7H,2-4,8H2,1H3,(H,17,18)(H2,15,16,19). The fraction of sp³-hybridized carbons (Fsp3) is 0.385. The summed E-state index contributed by atoms with van der Waals surface area (Å²) >= 11 is 0. The number of rotatable bonds is 7. The first-order valence-corrected chi connectivity index (χ1v) is 6.08. The van der Waals surface area contributed by atoms with Crippen molar-refractivity contribution in [3.8, 4) is 5.75 Å². The second kappa shape index (κ2) is 7.98. The summed E-state index contributed by atoms with van der Waals surface area (Å²) < 4.78 is 18.1. The van der Waals surface area contributed by atoms with E-state index in [1.54, 1.807) is 6.07 Å². The smallest absolute Gasteiger partial charge is 0.315 e. The molecule has 1 aromatic carbocycles. The molecule has 0 bridgehead atoms. The number of nitrogens with one attached hydrogen (secondary N) is 2. The van der Waals surface area contributed by atoms with E-state index in [9.17, 15) is 14.0 Å². The van der Waals surface area contributed by atoms with E-state index in [2.05, 4.69) is 10.6 Å². The molecule has 1 rings (SSSR count). The van der Waals surface area contributed by atoms with Gasteiger partial charge in [0.15, 0.2) is 0 Å². The number of hydrogen-bond acceptors (Lipinski definition) is 3. The van der Waals surface area contributed by atoms with Gasteiger partial charge in [-0.1, -0.05) is 0 Å². The monoisotopic (exact) mass is 284 g/mol. The van der Waals surface area contributed by atoms with Crippen LogP contribution in [0.3, 0.4) is 0 Å².